The summed E-state index contributed by atoms with van der Waals surface area (Å²) in [6.45, 7) is 4.55. The first kappa shape index (κ1) is 9.70. The molecule has 0 bridgehead atoms. The van der Waals surface area contributed by atoms with E-state index in [2.05, 4.69) is 26.0 Å². The lowest BCUT2D eigenvalue weighted by molar-refractivity contribution is 0.245. The zero-order valence-corrected chi connectivity index (χ0v) is 7.01. The van der Waals surface area contributed by atoms with E-state index in [1.807, 2.05) is 0 Å². The van der Waals surface area contributed by atoms with E-state index in [1.54, 1.807) is 0 Å². The van der Waals surface area contributed by atoms with Gasteiger partial charge in [-0.15, -0.1) is 0 Å². The fraction of sp³-hybridized carbons (Fsp3) is 0.778. The Hall–Kier alpha value is -0.300. The molecule has 1 N–H and O–H groups in total. The third-order valence-electron chi connectivity index (χ3n) is 1.54. The van der Waals surface area contributed by atoms with Crippen LogP contribution < -0.4 is 0 Å². The number of hydrogen-bond acceptors (Lipinski definition) is 1. The second-order valence-electron chi connectivity index (χ2n) is 2.57. The number of aliphatic hydroxyl groups excluding tert-OH is 1. The van der Waals surface area contributed by atoms with E-state index in [0.29, 0.717) is 12.5 Å². The van der Waals surface area contributed by atoms with Crippen LogP contribution in [0.2, 0.25) is 0 Å². The normalized spacial score (nSPS) is 14.3. The van der Waals surface area contributed by atoms with Crippen LogP contribution in [-0.4, -0.2) is 11.7 Å². The van der Waals surface area contributed by atoms with Crippen molar-refractivity contribution in [1.82, 2.24) is 0 Å². The van der Waals surface area contributed by atoms with Gasteiger partial charge in [-0.05, 0) is 18.8 Å². The van der Waals surface area contributed by atoms with Gasteiger partial charge in [0.15, 0.2) is 0 Å². The Balaban J connectivity index is 3.48. The molecule has 0 saturated heterocycles. The van der Waals surface area contributed by atoms with Crippen LogP contribution in [0, 0.1) is 5.92 Å². The average molecular weight is 142 g/mol. The molecule has 0 saturated carbocycles. The molecular weight excluding hydrogens is 124 g/mol. The van der Waals surface area contributed by atoms with E-state index >= 15 is 0 Å². The largest absolute Gasteiger partial charge is 0.396 e. The highest BCUT2D eigenvalue weighted by atomic mass is 16.3. The first-order valence-corrected chi connectivity index (χ1v) is 4.12. The second-order valence-corrected chi connectivity index (χ2v) is 2.57. The molecule has 1 nitrogen and oxygen atoms in total. The predicted octanol–water partition coefficient (Wildman–Crippen LogP) is 2.36. The zero-order valence-electron chi connectivity index (χ0n) is 7.01. The van der Waals surface area contributed by atoms with Crippen molar-refractivity contribution >= 4 is 0 Å². The maximum atomic E-state index is 8.83. The second kappa shape index (κ2) is 6.81. The lowest BCUT2D eigenvalue weighted by atomic mass is 10.0. The highest BCUT2D eigenvalue weighted by Crippen LogP contribution is 2.06. The molecule has 0 fully saturated rings. The molecule has 1 heteroatoms. The lowest BCUT2D eigenvalue weighted by Crippen LogP contribution is -2.00. The number of hydrogen-bond donors (Lipinski definition) is 1. The van der Waals surface area contributed by atoms with Gasteiger partial charge in [-0.2, -0.15) is 0 Å². The molecule has 0 amide bonds. The summed E-state index contributed by atoms with van der Waals surface area (Å²) in [4.78, 5) is 0. The van der Waals surface area contributed by atoms with Gasteiger partial charge in [0, 0.05) is 6.61 Å². The molecule has 10 heavy (non-hydrogen) atoms. The summed E-state index contributed by atoms with van der Waals surface area (Å²) in [7, 11) is 0. The minimum atomic E-state index is 0.296. The van der Waals surface area contributed by atoms with Gasteiger partial charge < -0.3 is 5.11 Å². The van der Waals surface area contributed by atoms with Crippen LogP contribution >= 0.6 is 0 Å². The molecule has 1 atom stereocenters. The van der Waals surface area contributed by atoms with Crippen LogP contribution in [-0.2, 0) is 0 Å². The maximum Gasteiger partial charge on any atom is 0.0493 e. The minimum Gasteiger partial charge on any atom is -0.396 e. The van der Waals surface area contributed by atoms with Gasteiger partial charge in [-0.3, -0.25) is 0 Å². The third kappa shape index (κ3) is 4.57. The lowest BCUT2D eigenvalue weighted by Gasteiger charge is -2.05. The Morgan fingerprint density at radius 3 is 2.50 bits per heavy atom. The van der Waals surface area contributed by atoms with E-state index in [4.69, 9.17) is 5.11 Å². The molecule has 0 aromatic heterocycles. The van der Waals surface area contributed by atoms with Crippen molar-refractivity contribution < 1.29 is 5.11 Å². The molecular formula is C9H18O. The molecule has 0 rings (SSSR count). The highest BCUT2D eigenvalue weighted by molar-refractivity contribution is 4.86. The Morgan fingerprint density at radius 2 is 2.10 bits per heavy atom. The molecule has 1 unspecified atom stereocenters. The topological polar surface area (TPSA) is 20.2 Å². The monoisotopic (exact) mass is 142 g/mol. The minimum absolute atomic E-state index is 0.296. The molecule has 0 aliphatic carbocycles. The van der Waals surface area contributed by atoms with Crippen LogP contribution in [0.1, 0.15) is 33.1 Å². The van der Waals surface area contributed by atoms with E-state index in [9.17, 15) is 0 Å². The summed E-state index contributed by atoms with van der Waals surface area (Å²) in [5.74, 6) is 0.393. The van der Waals surface area contributed by atoms with Crippen LogP contribution in [0.3, 0.4) is 0 Å². The zero-order chi connectivity index (χ0) is 7.82. The van der Waals surface area contributed by atoms with E-state index in [1.165, 1.54) is 0 Å². The van der Waals surface area contributed by atoms with Crippen LogP contribution in [0.4, 0.5) is 0 Å². The molecule has 0 heterocycles. The number of rotatable bonds is 5. The van der Waals surface area contributed by atoms with Crippen molar-refractivity contribution in [3.05, 3.63) is 12.2 Å². The SMILES string of the molecule is CCC=CC(CO)CCC. The van der Waals surface area contributed by atoms with E-state index in [-0.39, 0.29) is 0 Å². The van der Waals surface area contributed by atoms with Crippen molar-refractivity contribution in [3.63, 3.8) is 0 Å². The standard InChI is InChI=1S/C9H18O/c1-3-5-7-9(8-10)6-4-2/h5,7,9-10H,3-4,6,8H2,1-2H3. The Bertz CT molecular complexity index is 86.7. The summed E-state index contributed by atoms with van der Waals surface area (Å²) < 4.78 is 0. The first-order valence-electron chi connectivity index (χ1n) is 4.12. The van der Waals surface area contributed by atoms with Gasteiger partial charge in [0.1, 0.15) is 0 Å². The number of allylic oxidation sites excluding steroid dienone is 1. The van der Waals surface area contributed by atoms with Crippen molar-refractivity contribution in [2.45, 2.75) is 33.1 Å². The van der Waals surface area contributed by atoms with Gasteiger partial charge in [0.2, 0.25) is 0 Å². The Labute approximate surface area is 63.8 Å². The van der Waals surface area contributed by atoms with Crippen LogP contribution in [0.25, 0.3) is 0 Å². The first-order chi connectivity index (χ1) is 4.85. The third-order valence-corrected chi connectivity index (χ3v) is 1.54. The van der Waals surface area contributed by atoms with Crippen molar-refractivity contribution in [2.75, 3.05) is 6.61 Å². The predicted molar refractivity (Wildman–Crippen MR) is 44.9 cm³/mol. The van der Waals surface area contributed by atoms with Gasteiger partial charge >= 0.3 is 0 Å². The molecule has 0 spiro atoms. The van der Waals surface area contributed by atoms with Crippen LogP contribution in [0.15, 0.2) is 12.2 Å². The smallest absolute Gasteiger partial charge is 0.0493 e. The molecule has 0 aliphatic rings. The fourth-order valence-electron chi connectivity index (χ4n) is 0.948. The molecule has 0 aromatic carbocycles. The molecule has 0 aromatic rings. The summed E-state index contributed by atoms with van der Waals surface area (Å²) in [6, 6.07) is 0. The van der Waals surface area contributed by atoms with Crippen molar-refractivity contribution in [2.24, 2.45) is 5.92 Å². The maximum absolute atomic E-state index is 8.83. The highest BCUT2D eigenvalue weighted by Gasteiger charge is 1.98. The summed E-state index contributed by atoms with van der Waals surface area (Å²) in [5, 5.41) is 8.83. The van der Waals surface area contributed by atoms with Gasteiger partial charge in [0.05, 0.1) is 0 Å². The van der Waals surface area contributed by atoms with Gasteiger partial charge in [-0.1, -0.05) is 32.4 Å². The van der Waals surface area contributed by atoms with Gasteiger partial charge in [0.25, 0.3) is 0 Å². The summed E-state index contributed by atoms with van der Waals surface area (Å²) in [6.07, 6.45) is 7.56. The van der Waals surface area contributed by atoms with Crippen molar-refractivity contribution in [3.8, 4) is 0 Å². The van der Waals surface area contributed by atoms with Gasteiger partial charge in [-0.25, -0.2) is 0 Å². The fourth-order valence-corrected chi connectivity index (χ4v) is 0.948. The van der Waals surface area contributed by atoms with Crippen LogP contribution in [0.5, 0.6) is 0 Å². The number of aliphatic hydroxyl groups is 1. The molecule has 0 aliphatic heterocycles. The molecule has 60 valence electrons. The Morgan fingerprint density at radius 1 is 1.40 bits per heavy atom. The molecule has 0 radical (unpaired) electrons. The average Bonchev–Trinajstić information content (AvgIpc) is 1.98. The summed E-state index contributed by atoms with van der Waals surface area (Å²) in [5.41, 5.74) is 0. The van der Waals surface area contributed by atoms with Crippen molar-refractivity contribution in [1.29, 1.82) is 0 Å². The Kier molecular flexibility index (Phi) is 6.61. The quantitative estimate of drug-likeness (QED) is 0.584. The summed E-state index contributed by atoms with van der Waals surface area (Å²) >= 11 is 0. The van der Waals surface area contributed by atoms with E-state index < -0.39 is 0 Å². The van der Waals surface area contributed by atoms with E-state index in [0.717, 1.165) is 19.3 Å².